The Kier molecular flexibility index (Phi) is 6.05. The Balaban J connectivity index is 1.55. The molecule has 3 rings (SSSR count). The lowest BCUT2D eigenvalue weighted by Gasteiger charge is -2.11. The minimum atomic E-state index is -3.39. The summed E-state index contributed by atoms with van der Waals surface area (Å²) in [6.45, 7) is 6.35. The van der Waals surface area contributed by atoms with Crippen LogP contribution in [-0.2, 0) is 15.8 Å². The molecule has 1 aromatic carbocycles. The maximum Gasteiger partial charge on any atom is 0.215 e. The molecule has 3 aromatic rings. The predicted octanol–water partition coefficient (Wildman–Crippen LogP) is 2.12. The summed E-state index contributed by atoms with van der Waals surface area (Å²) in [5.74, 6) is 2.75. The molecule has 2 N–H and O–H groups in total. The van der Waals surface area contributed by atoms with Crippen molar-refractivity contribution in [3.8, 4) is 5.82 Å². The molecular weight excluding hydrogens is 376 g/mol. The van der Waals surface area contributed by atoms with Crippen LogP contribution in [0.15, 0.2) is 42.7 Å². The van der Waals surface area contributed by atoms with Crippen LogP contribution >= 0.6 is 0 Å². The lowest BCUT2D eigenvalue weighted by molar-refractivity contribution is 0.582. The predicted molar refractivity (Wildman–Crippen MR) is 109 cm³/mol. The molecule has 0 atom stereocenters. The van der Waals surface area contributed by atoms with Gasteiger partial charge in [-0.3, -0.25) is 4.57 Å². The number of anilines is 1. The van der Waals surface area contributed by atoms with Crippen LogP contribution in [0.4, 0.5) is 5.82 Å². The van der Waals surface area contributed by atoms with Crippen LogP contribution in [-0.4, -0.2) is 41.0 Å². The van der Waals surface area contributed by atoms with Crippen LogP contribution in [0.5, 0.6) is 0 Å². The van der Waals surface area contributed by atoms with Crippen LogP contribution in [0.1, 0.15) is 22.8 Å². The van der Waals surface area contributed by atoms with E-state index < -0.39 is 10.0 Å². The number of imidazole rings is 1. The average Bonchev–Trinajstić information content (AvgIpc) is 3.06. The number of sulfonamides is 1. The first-order chi connectivity index (χ1) is 13.3. The molecule has 0 unspecified atom stereocenters. The minimum absolute atomic E-state index is 0.0377. The second-order valence-corrected chi connectivity index (χ2v) is 8.38. The van der Waals surface area contributed by atoms with E-state index in [4.69, 9.17) is 0 Å². The summed E-state index contributed by atoms with van der Waals surface area (Å²) < 4.78 is 28.9. The molecule has 0 radical (unpaired) electrons. The molecule has 8 nitrogen and oxygen atoms in total. The normalized spacial score (nSPS) is 11.5. The van der Waals surface area contributed by atoms with E-state index in [0.717, 1.165) is 17.0 Å². The number of rotatable bonds is 8. The second kappa shape index (κ2) is 8.49. The van der Waals surface area contributed by atoms with E-state index in [9.17, 15) is 8.42 Å². The van der Waals surface area contributed by atoms with E-state index >= 15 is 0 Å². The zero-order valence-electron chi connectivity index (χ0n) is 16.2. The summed E-state index contributed by atoms with van der Waals surface area (Å²) in [4.78, 5) is 13.0. The van der Waals surface area contributed by atoms with Crippen LogP contribution in [0.25, 0.3) is 5.82 Å². The Hall–Kier alpha value is -2.78. The second-order valence-electron chi connectivity index (χ2n) is 6.57. The van der Waals surface area contributed by atoms with Crippen molar-refractivity contribution >= 4 is 15.8 Å². The number of nitrogens with one attached hydrogen (secondary N) is 2. The highest BCUT2D eigenvalue weighted by molar-refractivity contribution is 7.88. The Morgan fingerprint density at radius 1 is 1.04 bits per heavy atom. The fourth-order valence-corrected chi connectivity index (χ4v) is 3.88. The zero-order valence-corrected chi connectivity index (χ0v) is 17.0. The van der Waals surface area contributed by atoms with E-state index in [1.165, 1.54) is 0 Å². The number of hydrogen-bond donors (Lipinski definition) is 2. The quantitative estimate of drug-likeness (QED) is 0.562. The molecule has 9 heteroatoms. The number of benzene rings is 1. The third-order valence-electron chi connectivity index (χ3n) is 4.13. The highest BCUT2D eigenvalue weighted by Gasteiger charge is 2.11. The summed E-state index contributed by atoms with van der Waals surface area (Å²) in [6, 6.07) is 9.28. The summed E-state index contributed by atoms with van der Waals surface area (Å²) >= 11 is 0. The highest BCUT2D eigenvalue weighted by atomic mass is 32.2. The maximum absolute atomic E-state index is 12.2. The third-order valence-corrected chi connectivity index (χ3v) is 5.48. The van der Waals surface area contributed by atoms with Gasteiger partial charge in [0.15, 0.2) is 0 Å². The minimum Gasteiger partial charge on any atom is -0.369 e. The van der Waals surface area contributed by atoms with Crippen LogP contribution in [0.3, 0.4) is 0 Å². The van der Waals surface area contributed by atoms with Gasteiger partial charge in [-0.1, -0.05) is 29.8 Å². The van der Waals surface area contributed by atoms with Gasteiger partial charge in [-0.2, -0.15) is 0 Å². The molecule has 0 aliphatic carbocycles. The van der Waals surface area contributed by atoms with E-state index in [1.807, 2.05) is 61.9 Å². The van der Waals surface area contributed by atoms with Gasteiger partial charge in [0, 0.05) is 31.5 Å². The van der Waals surface area contributed by atoms with Crippen molar-refractivity contribution < 1.29 is 8.42 Å². The van der Waals surface area contributed by atoms with E-state index in [1.54, 1.807) is 6.20 Å². The van der Waals surface area contributed by atoms with Gasteiger partial charge >= 0.3 is 0 Å². The van der Waals surface area contributed by atoms with Gasteiger partial charge < -0.3 is 5.32 Å². The number of nitrogens with zero attached hydrogens (tertiary/aromatic N) is 4. The van der Waals surface area contributed by atoms with E-state index in [-0.39, 0.29) is 12.3 Å². The molecule has 0 aliphatic rings. The molecule has 2 aromatic heterocycles. The molecule has 0 saturated carbocycles. The van der Waals surface area contributed by atoms with Gasteiger partial charge in [0.2, 0.25) is 10.0 Å². The van der Waals surface area contributed by atoms with Gasteiger partial charge in [-0.15, -0.1) is 0 Å². The van der Waals surface area contributed by atoms with Crippen molar-refractivity contribution in [2.24, 2.45) is 0 Å². The van der Waals surface area contributed by atoms with Crippen molar-refractivity contribution in [3.63, 3.8) is 0 Å². The first-order valence-corrected chi connectivity index (χ1v) is 10.6. The molecule has 0 amide bonds. The number of aryl methyl sites for hydroxylation is 3. The molecule has 0 bridgehead atoms. The van der Waals surface area contributed by atoms with Crippen LogP contribution in [0, 0.1) is 20.8 Å². The van der Waals surface area contributed by atoms with Gasteiger partial charge in [-0.25, -0.2) is 28.1 Å². The largest absolute Gasteiger partial charge is 0.369 e. The molecule has 148 valence electrons. The van der Waals surface area contributed by atoms with Crippen molar-refractivity contribution in [3.05, 3.63) is 65.5 Å². The smallest absolute Gasteiger partial charge is 0.215 e. The SMILES string of the molecule is Cc1ccc(CS(=O)(=O)NCCNc2cc(-n3ccnc3C)nc(C)n2)cc1. The first kappa shape index (κ1) is 20.0. The monoisotopic (exact) mass is 400 g/mol. The zero-order chi connectivity index (χ0) is 20.1. The lowest BCUT2D eigenvalue weighted by atomic mass is 10.2. The fourth-order valence-electron chi connectivity index (χ4n) is 2.74. The summed E-state index contributed by atoms with van der Waals surface area (Å²) in [7, 11) is -3.39. The van der Waals surface area contributed by atoms with Crippen LogP contribution in [0.2, 0.25) is 0 Å². The van der Waals surface area contributed by atoms with Crippen molar-refractivity contribution in [2.45, 2.75) is 26.5 Å². The Labute approximate surface area is 165 Å². The van der Waals surface area contributed by atoms with Crippen LogP contribution < -0.4 is 10.0 Å². The van der Waals surface area contributed by atoms with Gasteiger partial charge in [0.05, 0.1) is 5.75 Å². The van der Waals surface area contributed by atoms with Crippen molar-refractivity contribution in [2.75, 3.05) is 18.4 Å². The summed E-state index contributed by atoms with van der Waals surface area (Å²) in [5.41, 5.74) is 1.86. The third kappa shape index (κ3) is 5.37. The van der Waals surface area contributed by atoms with Gasteiger partial charge in [0.25, 0.3) is 0 Å². The lowest BCUT2D eigenvalue weighted by Crippen LogP contribution is -2.30. The van der Waals surface area contributed by atoms with Gasteiger partial charge in [-0.05, 0) is 26.3 Å². The summed E-state index contributed by atoms with van der Waals surface area (Å²) in [5, 5.41) is 3.14. The van der Waals surface area contributed by atoms with Crippen molar-refractivity contribution in [1.29, 1.82) is 0 Å². The van der Waals surface area contributed by atoms with E-state index in [0.29, 0.717) is 24.0 Å². The molecule has 28 heavy (non-hydrogen) atoms. The topological polar surface area (TPSA) is 102 Å². The standard InChI is InChI=1S/C19H24N6O2S/c1-14-4-6-17(7-5-14)13-28(26,27)22-9-8-21-18-12-19(24-15(2)23-18)25-11-10-20-16(25)3/h4-7,10-12,22H,8-9,13H2,1-3H3,(H,21,23,24). The maximum atomic E-state index is 12.2. The fraction of sp³-hybridized carbons (Fsp3) is 0.316. The molecule has 0 aliphatic heterocycles. The van der Waals surface area contributed by atoms with E-state index in [2.05, 4.69) is 25.0 Å². The van der Waals surface area contributed by atoms with Gasteiger partial charge in [0.1, 0.15) is 23.3 Å². The number of hydrogen-bond acceptors (Lipinski definition) is 6. The molecular formula is C19H24N6O2S. The Bertz CT molecular complexity index is 1040. The average molecular weight is 401 g/mol. The Morgan fingerprint density at radius 3 is 2.46 bits per heavy atom. The summed E-state index contributed by atoms with van der Waals surface area (Å²) in [6.07, 6.45) is 3.54. The van der Waals surface area contributed by atoms with Crippen molar-refractivity contribution in [1.82, 2.24) is 24.2 Å². The molecule has 0 saturated heterocycles. The molecule has 2 heterocycles. The first-order valence-electron chi connectivity index (χ1n) is 8.95. The molecule has 0 spiro atoms. The number of aromatic nitrogens is 4. The highest BCUT2D eigenvalue weighted by Crippen LogP contribution is 2.12. The molecule has 0 fully saturated rings. The Morgan fingerprint density at radius 2 is 1.79 bits per heavy atom.